The van der Waals surface area contributed by atoms with E-state index in [4.69, 9.17) is 0 Å². The van der Waals surface area contributed by atoms with Crippen LogP contribution < -0.4 is 5.32 Å². The third kappa shape index (κ3) is 3.08. The fraction of sp³-hybridized carbons (Fsp3) is 0.533. The van der Waals surface area contributed by atoms with Crippen LogP contribution in [0.15, 0.2) is 6.07 Å². The summed E-state index contributed by atoms with van der Waals surface area (Å²) in [5.74, 6) is -0.496. The van der Waals surface area contributed by atoms with Crippen molar-refractivity contribution in [2.45, 2.75) is 51.5 Å². The Labute approximate surface area is 118 Å². The molecular weight excluding hydrogens is 254 g/mol. The lowest BCUT2D eigenvalue weighted by Gasteiger charge is -2.19. The number of carbonyl (C=O) groups is 1. The molecule has 1 heterocycles. The van der Waals surface area contributed by atoms with Crippen LogP contribution in [0.4, 0.5) is 5.82 Å². The van der Waals surface area contributed by atoms with E-state index >= 15 is 0 Å². The molecule has 0 aromatic carbocycles. The molecule has 0 fully saturated rings. The monoisotopic (exact) mass is 273 g/mol. The Morgan fingerprint density at radius 3 is 2.95 bits per heavy atom. The second kappa shape index (κ2) is 6.38. The lowest BCUT2D eigenvalue weighted by molar-refractivity contribution is -0.138. The van der Waals surface area contributed by atoms with Crippen molar-refractivity contribution in [1.29, 1.82) is 5.26 Å². The highest BCUT2D eigenvalue weighted by Crippen LogP contribution is 2.25. The number of carboxylic acid groups (broad SMARTS) is 1. The van der Waals surface area contributed by atoms with Crippen molar-refractivity contribution in [3.05, 3.63) is 22.9 Å². The Morgan fingerprint density at radius 2 is 2.30 bits per heavy atom. The molecule has 1 unspecified atom stereocenters. The molecule has 0 saturated carbocycles. The molecule has 2 N–H and O–H groups in total. The highest BCUT2D eigenvalue weighted by atomic mass is 16.4. The summed E-state index contributed by atoms with van der Waals surface area (Å²) < 4.78 is 0. The van der Waals surface area contributed by atoms with Crippen molar-refractivity contribution in [1.82, 2.24) is 4.98 Å². The number of fused-ring (bicyclic) bond motifs is 1. The van der Waals surface area contributed by atoms with Crippen molar-refractivity contribution in [3.8, 4) is 6.07 Å². The van der Waals surface area contributed by atoms with Crippen molar-refractivity contribution >= 4 is 11.8 Å². The third-order valence-electron chi connectivity index (χ3n) is 3.61. The van der Waals surface area contributed by atoms with E-state index in [-0.39, 0.29) is 0 Å². The topological polar surface area (TPSA) is 86.0 Å². The molecule has 1 aliphatic carbocycles. The highest BCUT2D eigenvalue weighted by Gasteiger charge is 2.20. The lowest BCUT2D eigenvalue weighted by atomic mass is 9.95. The Balaban J connectivity index is 2.30. The second-order valence-corrected chi connectivity index (χ2v) is 5.13. The van der Waals surface area contributed by atoms with E-state index in [1.165, 1.54) is 0 Å². The smallest absolute Gasteiger partial charge is 0.326 e. The summed E-state index contributed by atoms with van der Waals surface area (Å²) in [6, 6.07) is 3.28. The summed E-state index contributed by atoms with van der Waals surface area (Å²) >= 11 is 0. The van der Waals surface area contributed by atoms with Gasteiger partial charge < -0.3 is 10.4 Å². The van der Waals surface area contributed by atoms with E-state index in [2.05, 4.69) is 16.4 Å². The second-order valence-electron chi connectivity index (χ2n) is 5.13. The summed E-state index contributed by atoms with van der Waals surface area (Å²) in [6.07, 6.45) is 5.36. The number of hydrogen-bond acceptors (Lipinski definition) is 4. The Morgan fingerprint density at radius 1 is 1.55 bits per heavy atom. The molecule has 0 radical (unpaired) electrons. The lowest BCUT2D eigenvalue weighted by Crippen LogP contribution is -2.30. The maximum Gasteiger partial charge on any atom is 0.326 e. The van der Waals surface area contributed by atoms with Crippen LogP contribution in [0.3, 0.4) is 0 Å². The fourth-order valence-electron chi connectivity index (χ4n) is 2.54. The van der Waals surface area contributed by atoms with Crippen LogP contribution in [0.5, 0.6) is 0 Å². The summed E-state index contributed by atoms with van der Waals surface area (Å²) in [5, 5.41) is 21.3. The summed E-state index contributed by atoms with van der Waals surface area (Å²) in [6.45, 7) is 1.93. The van der Waals surface area contributed by atoms with Crippen molar-refractivity contribution in [2.24, 2.45) is 0 Å². The summed E-state index contributed by atoms with van der Waals surface area (Å²) in [4.78, 5) is 15.7. The molecule has 1 aliphatic rings. The van der Waals surface area contributed by atoms with Gasteiger partial charge in [-0.15, -0.1) is 0 Å². The van der Waals surface area contributed by atoms with E-state index in [1.807, 2.05) is 13.0 Å². The molecule has 0 aliphatic heterocycles. The van der Waals surface area contributed by atoms with E-state index in [9.17, 15) is 15.2 Å². The molecule has 1 aromatic heterocycles. The Kier molecular flexibility index (Phi) is 4.57. The van der Waals surface area contributed by atoms with Gasteiger partial charge in [-0.25, -0.2) is 9.78 Å². The number of nitrogens with one attached hydrogen (secondary N) is 1. The van der Waals surface area contributed by atoms with Gasteiger partial charge >= 0.3 is 5.97 Å². The van der Waals surface area contributed by atoms with Crippen molar-refractivity contribution in [3.63, 3.8) is 0 Å². The number of carboxylic acids is 1. The zero-order chi connectivity index (χ0) is 14.5. The molecule has 0 spiro atoms. The molecule has 1 aromatic rings. The number of pyridine rings is 1. The van der Waals surface area contributed by atoms with Gasteiger partial charge in [-0.3, -0.25) is 0 Å². The van der Waals surface area contributed by atoms with Crippen molar-refractivity contribution in [2.75, 3.05) is 5.32 Å². The average molecular weight is 273 g/mol. The summed E-state index contributed by atoms with van der Waals surface area (Å²) in [5.41, 5.74) is 2.56. The number of aryl methyl sites for hydroxylation is 2. The first-order chi connectivity index (χ1) is 9.65. The van der Waals surface area contributed by atoms with Gasteiger partial charge in [0.1, 0.15) is 17.9 Å². The number of aromatic nitrogens is 1. The van der Waals surface area contributed by atoms with Gasteiger partial charge in [0.15, 0.2) is 0 Å². The highest BCUT2D eigenvalue weighted by molar-refractivity contribution is 5.77. The van der Waals surface area contributed by atoms with Gasteiger partial charge in [-0.2, -0.15) is 5.26 Å². The number of nitrogens with zero attached hydrogens (tertiary/aromatic N) is 2. The molecule has 5 heteroatoms. The van der Waals surface area contributed by atoms with Crippen LogP contribution in [-0.4, -0.2) is 22.1 Å². The number of rotatable bonds is 5. The predicted octanol–water partition coefficient (Wildman–Crippen LogP) is 2.50. The van der Waals surface area contributed by atoms with E-state index in [0.717, 1.165) is 43.4 Å². The van der Waals surface area contributed by atoms with Crippen LogP contribution in [-0.2, 0) is 17.6 Å². The van der Waals surface area contributed by atoms with E-state index < -0.39 is 12.0 Å². The van der Waals surface area contributed by atoms with E-state index in [1.54, 1.807) is 0 Å². The average Bonchev–Trinajstić information content (AvgIpc) is 2.45. The third-order valence-corrected chi connectivity index (χ3v) is 3.61. The van der Waals surface area contributed by atoms with Crippen molar-refractivity contribution < 1.29 is 9.90 Å². The SMILES string of the molecule is CCCC(Nc1nc2c(cc1C#N)CCCC2)C(=O)O. The van der Waals surface area contributed by atoms with Gasteiger partial charge in [0.05, 0.1) is 5.56 Å². The Bertz CT molecular complexity index is 549. The number of nitriles is 1. The van der Waals surface area contributed by atoms with Gasteiger partial charge in [-0.1, -0.05) is 13.3 Å². The molecular formula is C15H19N3O2. The molecule has 0 amide bonds. The van der Waals surface area contributed by atoms with Crippen LogP contribution in [0.1, 0.15) is 49.4 Å². The quantitative estimate of drug-likeness (QED) is 0.860. The summed E-state index contributed by atoms with van der Waals surface area (Å²) in [7, 11) is 0. The van der Waals surface area contributed by atoms with Crippen LogP contribution >= 0.6 is 0 Å². The Hall–Kier alpha value is -2.09. The normalized spacial score (nSPS) is 15.0. The molecule has 0 saturated heterocycles. The molecule has 20 heavy (non-hydrogen) atoms. The maximum atomic E-state index is 11.2. The van der Waals surface area contributed by atoms with Crippen LogP contribution in [0.2, 0.25) is 0 Å². The maximum absolute atomic E-state index is 11.2. The zero-order valence-electron chi connectivity index (χ0n) is 11.6. The first-order valence-corrected chi connectivity index (χ1v) is 7.08. The largest absolute Gasteiger partial charge is 0.480 e. The molecule has 1 atom stereocenters. The predicted molar refractivity (Wildman–Crippen MR) is 75.5 cm³/mol. The van der Waals surface area contributed by atoms with Gasteiger partial charge in [-0.05, 0) is 43.7 Å². The molecule has 5 nitrogen and oxygen atoms in total. The fourth-order valence-corrected chi connectivity index (χ4v) is 2.54. The minimum atomic E-state index is -0.907. The number of anilines is 1. The van der Waals surface area contributed by atoms with Gasteiger partial charge in [0, 0.05) is 5.69 Å². The molecule has 0 bridgehead atoms. The molecule has 106 valence electrons. The van der Waals surface area contributed by atoms with E-state index in [0.29, 0.717) is 17.8 Å². The van der Waals surface area contributed by atoms with Gasteiger partial charge in [0.2, 0.25) is 0 Å². The van der Waals surface area contributed by atoms with Gasteiger partial charge in [0.25, 0.3) is 0 Å². The minimum Gasteiger partial charge on any atom is -0.480 e. The zero-order valence-corrected chi connectivity index (χ0v) is 11.6. The standard InChI is InChI=1S/C15H19N3O2/c1-2-5-13(15(19)20)18-14-11(9-16)8-10-6-3-4-7-12(10)17-14/h8,13H,2-7H2,1H3,(H,17,18)(H,19,20). The van der Waals surface area contributed by atoms with Crippen LogP contribution in [0.25, 0.3) is 0 Å². The first-order valence-electron chi connectivity index (χ1n) is 7.08. The number of hydrogen-bond donors (Lipinski definition) is 2. The van der Waals surface area contributed by atoms with Crippen LogP contribution in [0, 0.1) is 11.3 Å². The molecule has 2 rings (SSSR count). The number of aliphatic carboxylic acids is 1. The first kappa shape index (κ1) is 14.3. The minimum absolute atomic E-state index is 0.411.